The van der Waals surface area contributed by atoms with Gasteiger partial charge in [-0.2, -0.15) is 0 Å². The van der Waals surface area contributed by atoms with Crippen LogP contribution in [0.1, 0.15) is 47.9 Å². The number of ether oxygens (including phenoxy) is 1. The summed E-state index contributed by atoms with van der Waals surface area (Å²) in [6, 6.07) is 32.0. The standard InChI is InChI=1S/C32H33F2NO/c1-24(22-25-9-19-31(20-10-25)36-23-26-6-3-2-4-7-26)35-21-5-8-32(27-11-15-29(33)16-12-27)28-13-17-30(34)18-14-28/h2-4,6-7,9-20,24,32,35H,5,8,21-23H2,1H3. The molecule has 36 heavy (non-hydrogen) atoms. The van der Waals surface area contributed by atoms with Crippen LogP contribution >= 0.6 is 0 Å². The Bertz CT molecular complexity index is 1130. The Kier molecular flexibility index (Phi) is 9.23. The second-order valence-electron chi connectivity index (χ2n) is 9.28. The van der Waals surface area contributed by atoms with Crippen molar-refractivity contribution in [2.24, 2.45) is 0 Å². The molecule has 0 heterocycles. The molecule has 1 atom stereocenters. The van der Waals surface area contributed by atoms with Gasteiger partial charge in [0.2, 0.25) is 0 Å². The fourth-order valence-corrected chi connectivity index (χ4v) is 4.46. The van der Waals surface area contributed by atoms with Gasteiger partial charge in [-0.25, -0.2) is 8.78 Å². The smallest absolute Gasteiger partial charge is 0.123 e. The quantitative estimate of drug-likeness (QED) is 0.208. The Hall–Kier alpha value is -3.50. The third kappa shape index (κ3) is 7.76. The van der Waals surface area contributed by atoms with E-state index in [1.807, 2.05) is 54.6 Å². The molecule has 0 aromatic heterocycles. The van der Waals surface area contributed by atoms with Gasteiger partial charge in [-0.1, -0.05) is 66.7 Å². The van der Waals surface area contributed by atoms with Crippen molar-refractivity contribution in [1.82, 2.24) is 5.32 Å². The molecule has 0 aliphatic rings. The monoisotopic (exact) mass is 485 g/mol. The van der Waals surface area contributed by atoms with Crippen LogP contribution in [-0.4, -0.2) is 12.6 Å². The van der Waals surface area contributed by atoms with Gasteiger partial charge in [0.25, 0.3) is 0 Å². The van der Waals surface area contributed by atoms with E-state index >= 15 is 0 Å². The molecule has 4 heteroatoms. The van der Waals surface area contributed by atoms with Gasteiger partial charge < -0.3 is 10.1 Å². The number of rotatable bonds is 12. The largest absolute Gasteiger partial charge is 0.489 e. The van der Waals surface area contributed by atoms with Crippen LogP contribution in [0, 0.1) is 11.6 Å². The second-order valence-corrected chi connectivity index (χ2v) is 9.28. The maximum Gasteiger partial charge on any atom is 0.123 e. The Labute approximate surface area is 213 Å². The van der Waals surface area contributed by atoms with Crippen molar-refractivity contribution in [3.63, 3.8) is 0 Å². The van der Waals surface area contributed by atoms with Gasteiger partial charge >= 0.3 is 0 Å². The molecule has 0 aliphatic carbocycles. The lowest BCUT2D eigenvalue weighted by Crippen LogP contribution is -2.29. The predicted molar refractivity (Wildman–Crippen MR) is 142 cm³/mol. The third-order valence-corrected chi connectivity index (χ3v) is 6.42. The molecule has 0 saturated heterocycles. The van der Waals surface area contributed by atoms with E-state index in [2.05, 4.69) is 36.5 Å². The maximum atomic E-state index is 13.4. The lowest BCUT2D eigenvalue weighted by atomic mass is 9.87. The van der Waals surface area contributed by atoms with E-state index < -0.39 is 0 Å². The molecule has 0 saturated carbocycles. The topological polar surface area (TPSA) is 21.3 Å². The fourth-order valence-electron chi connectivity index (χ4n) is 4.46. The summed E-state index contributed by atoms with van der Waals surface area (Å²) in [7, 11) is 0. The van der Waals surface area contributed by atoms with E-state index in [0.717, 1.165) is 48.2 Å². The highest BCUT2D eigenvalue weighted by Crippen LogP contribution is 2.29. The zero-order valence-electron chi connectivity index (χ0n) is 20.7. The van der Waals surface area contributed by atoms with Crippen LogP contribution < -0.4 is 10.1 Å². The molecule has 4 rings (SSSR count). The summed E-state index contributed by atoms with van der Waals surface area (Å²) in [4.78, 5) is 0. The number of nitrogens with one attached hydrogen (secondary N) is 1. The van der Waals surface area contributed by atoms with Gasteiger partial charge in [-0.15, -0.1) is 0 Å². The molecule has 4 aromatic rings. The van der Waals surface area contributed by atoms with Crippen LogP contribution in [-0.2, 0) is 13.0 Å². The van der Waals surface area contributed by atoms with Crippen LogP contribution in [0.25, 0.3) is 0 Å². The van der Waals surface area contributed by atoms with Crippen molar-refractivity contribution in [3.8, 4) is 5.75 Å². The Morgan fingerprint density at radius 2 is 1.28 bits per heavy atom. The van der Waals surface area contributed by atoms with Crippen molar-refractivity contribution in [2.75, 3.05) is 6.54 Å². The van der Waals surface area contributed by atoms with E-state index in [9.17, 15) is 8.78 Å². The molecule has 0 fully saturated rings. The number of hydrogen-bond donors (Lipinski definition) is 1. The minimum atomic E-state index is -0.247. The summed E-state index contributed by atoms with van der Waals surface area (Å²) in [5.74, 6) is 0.480. The number of hydrogen-bond acceptors (Lipinski definition) is 2. The first-order valence-electron chi connectivity index (χ1n) is 12.6. The van der Waals surface area contributed by atoms with Gasteiger partial charge in [0.1, 0.15) is 24.0 Å². The highest BCUT2D eigenvalue weighted by atomic mass is 19.1. The normalized spacial score (nSPS) is 12.0. The van der Waals surface area contributed by atoms with Gasteiger partial charge in [-0.05, 0) is 91.4 Å². The van der Waals surface area contributed by atoms with Crippen molar-refractivity contribution >= 4 is 0 Å². The molecule has 186 valence electrons. The predicted octanol–water partition coefficient (Wildman–Crippen LogP) is 7.68. The van der Waals surface area contributed by atoms with E-state index in [1.54, 1.807) is 0 Å². The molecule has 0 amide bonds. The van der Waals surface area contributed by atoms with E-state index in [-0.39, 0.29) is 17.6 Å². The van der Waals surface area contributed by atoms with Crippen LogP contribution in [0.4, 0.5) is 8.78 Å². The van der Waals surface area contributed by atoms with Crippen LogP contribution in [0.15, 0.2) is 103 Å². The van der Waals surface area contributed by atoms with Crippen molar-refractivity contribution < 1.29 is 13.5 Å². The van der Waals surface area contributed by atoms with Gasteiger partial charge in [-0.3, -0.25) is 0 Å². The molecular formula is C32H33F2NO. The summed E-state index contributed by atoms with van der Waals surface area (Å²) >= 11 is 0. The lowest BCUT2D eigenvalue weighted by molar-refractivity contribution is 0.306. The fraction of sp³-hybridized carbons (Fsp3) is 0.250. The van der Waals surface area contributed by atoms with E-state index in [4.69, 9.17) is 4.74 Å². The SMILES string of the molecule is CC(Cc1ccc(OCc2ccccc2)cc1)NCCCC(c1ccc(F)cc1)c1ccc(F)cc1. The first kappa shape index (κ1) is 25.6. The third-order valence-electron chi connectivity index (χ3n) is 6.42. The zero-order valence-corrected chi connectivity index (χ0v) is 20.7. The summed E-state index contributed by atoms with van der Waals surface area (Å²) in [6.07, 6.45) is 2.78. The molecule has 1 N–H and O–H groups in total. The summed E-state index contributed by atoms with van der Waals surface area (Å²) in [5.41, 5.74) is 4.51. The maximum absolute atomic E-state index is 13.4. The summed E-state index contributed by atoms with van der Waals surface area (Å²) in [6.45, 7) is 3.63. The first-order valence-corrected chi connectivity index (χ1v) is 12.6. The molecule has 0 spiro atoms. The van der Waals surface area contributed by atoms with Gasteiger partial charge in [0, 0.05) is 12.0 Å². The molecule has 2 nitrogen and oxygen atoms in total. The zero-order chi connectivity index (χ0) is 25.2. The summed E-state index contributed by atoms with van der Waals surface area (Å²) < 4.78 is 32.8. The number of benzene rings is 4. The lowest BCUT2D eigenvalue weighted by Gasteiger charge is -2.20. The van der Waals surface area contributed by atoms with Crippen LogP contribution in [0.3, 0.4) is 0 Å². The molecule has 1 unspecified atom stereocenters. The van der Waals surface area contributed by atoms with Crippen molar-refractivity contribution in [1.29, 1.82) is 0 Å². The van der Waals surface area contributed by atoms with E-state index in [0.29, 0.717) is 12.6 Å². The van der Waals surface area contributed by atoms with Gasteiger partial charge in [0.05, 0.1) is 0 Å². The van der Waals surface area contributed by atoms with Crippen molar-refractivity contribution in [3.05, 3.63) is 137 Å². The number of halogens is 2. The highest BCUT2D eigenvalue weighted by Gasteiger charge is 2.15. The van der Waals surface area contributed by atoms with Gasteiger partial charge in [0.15, 0.2) is 0 Å². The average Bonchev–Trinajstić information content (AvgIpc) is 2.90. The average molecular weight is 486 g/mol. The molecular weight excluding hydrogens is 452 g/mol. The van der Waals surface area contributed by atoms with E-state index in [1.165, 1.54) is 29.8 Å². The van der Waals surface area contributed by atoms with Crippen molar-refractivity contribution in [2.45, 2.75) is 44.8 Å². The first-order chi connectivity index (χ1) is 17.6. The minimum Gasteiger partial charge on any atom is -0.489 e. The highest BCUT2D eigenvalue weighted by molar-refractivity contribution is 5.33. The Morgan fingerprint density at radius 3 is 1.86 bits per heavy atom. The molecule has 0 radical (unpaired) electrons. The Balaban J connectivity index is 1.24. The van der Waals surface area contributed by atoms with Crippen LogP contribution in [0.2, 0.25) is 0 Å². The minimum absolute atomic E-state index is 0.103. The summed E-state index contributed by atoms with van der Waals surface area (Å²) in [5, 5.41) is 3.62. The molecule has 0 aliphatic heterocycles. The molecule has 0 bridgehead atoms. The van der Waals surface area contributed by atoms with Crippen LogP contribution in [0.5, 0.6) is 5.75 Å². The Morgan fingerprint density at radius 1 is 0.694 bits per heavy atom. The second kappa shape index (κ2) is 13.0. The molecule has 4 aromatic carbocycles.